The third-order valence-electron chi connectivity index (χ3n) is 1.62. The van der Waals surface area contributed by atoms with Gasteiger partial charge in [-0.1, -0.05) is 15.8 Å². The highest BCUT2D eigenvalue weighted by Gasteiger charge is 2.35. The van der Waals surface area contributed by atoms with Gasteiger partial charge in [0.15, 0.2) is 0 Å². The SMILES string of the molecule is CP(C)C(P(C)C)[P+](C)(C)C.[I-]. The van der Waals surface area contributed by atoms with Crippen molar-refractivity contribution in [2.24, 2.45) is 0 Å². The Kier molecular flexibility index (Phi) is 8.90. The fraction of sp³-hybridized carbons (Fsp3) is 1.00. The van der Waals surface area contributed by atoms with Crippen molar-refractivity contribution in [2.45, 2.75) is 5.14 Å². The lowest BCUT2D eigenvalue weighted by Gasteiger charge is -2.31. The summed E-state index contributed by atoms with van der Waals surface area (Å²) in [4.78, 5) is 0. The Bertz CT molecular complexity index is 110. The van der Waals surface area contributed by atoms with Gasteiger partial charge in [0.25, 0.3) is 0 Å². The molecule has 0 N–H and O–H groups in total. The molecule has 0 unspecified atom stereocenters. The van der Waals surface area contributed by atoms with Crippen molar-refractivity contribution in [3.05, 3.63) is 0 Å². The summed E-state index contributed by atoms with van der Waals surface area (Å²) in [6, 6.07) is 0. The second-order valence-electron chi connectivity index (χ2n) is 4.39. The molecule has 0 rings (SSSR count). The first-order chi connectivity index (χ1) is 4.76. The molecule has 0 fully saturated rings. The van der Waals surface area contributed by atoms with Gasteiger partial charge in [0.05, 0.1) is 0 Å². The monoisotopic (exact) mass is 338 g/mol. The molecule has 0 nitrogen and oxygen atoms in total. The second kappa shape index (κ2) is 6.49. The minimum absolute atomic E-state index is 0. The van der Waals surface area contributed by atoms with E-state index in [1.165, 1.54) is 0 Å². The number of hydrogen-bond donors (Lipinski definition) is 0. The molecule has 0 bridgehead atoms. The van der Waals surface area contributed by atoms with Crippen LogP contribution in [0, 0.1) is 0 Å². The summed E-state index contributed by atoms with van der Waals surface area (Å²) in [5.41, 5.74) is 0. The summed E-state index contributed by atoms with van der Waals surface area (Å²) in [5.74, 6) is 0. The van der Waals surface area contributed by atoms with E-state index in [1.807, 2.05) is 0 Å². The Morgan fingerprint density at radius 1 is 0.833 bits per heavy atom. The molecule has 0 aliphatic carbocycles. The highest BCUT2D eigenvalue weighted by molar-refractivity contribution is 7.96. The van der Waals surface area contributed by atoms with Crippen LogP contribution in [-0.2, 0) is 0 Å². The molecule has 0 saturated heterocycles. The molecule has 4 heteroatoms. The summed E-state index contributed by atoms with van der Waals surface area (Å²) in [7, 11) is -0.00694. The van der Waals surface area contributed by atoms with Gasteiger partial charge >= 0.3 is 0 Å². The summed E-state index contributed by atoms with van der Waals surface area (Å²) in [6.07, 6.45) is 0. The van der Waals surface area contributed by atoms with Crippen LogP contribution in [0.1, 0.15) is 0 Å². The van der Waals surface area contributed by atoms with Crippen LogP contribution >= 0.6 is 23.1 Å². The first-order valence-electron chi connectivity index (χ1n) is 3.91. The summed E-state index contributed by atoms with van der Waals surface area (Å²) < 4.78 is 0. The van der Waals surface area contributed by atoms with E-state index in [2.05, 4.69) is 46.7 Å². The van der Waals surface area contributed by atoms with Crippen molar-refractivity contribution in [3.63, 3.8) is 0 Å². The van der Waals surface area contributed by atoms with Gasteiger partial charge in [0.2, 0.25) is 0 Å². The van der Waals surface area contributed by atoms with Crippen molar-refractivity contribution in [3.8, 4) is 0 Å². The zero-order valence-electron chi connectivity index (χ0n) is 9.30. The van der Waals surface area contributed by atoms with Crippen molar-refractivity contribution in [2.75, 3.05) is 46.7 Å². The smallest absolute Gasteiger partial charge is 0.103 e. The standard InChI is InChI=1S/C8H22P3.HI/c1-9(2)8(10(3)4)11(5,6)7;/h8H,1-7H3;1H/q+1;/p-1. The van der Waals surface area contributed by atoms with Gasteiger partial charge in [0.1, 0.15) is 5.14 Å². The average molecular weight is 338 g/mol. The molecule has 0 spiro atoms. The fourth-order valence-corrected chi connectivity index (χ4v) is 16.6. The minimum Gasteiger partial charge on any atom is -1.00 e. The van der Waals surface area contributed by atoms with Crippen LogP contribution in [0.15, 0.2) is 0 Å². The summed E-state index contributed by atoms with van der Waals surface area (Å²) >= 11 is 0. The van der Waals surface area contributed by atoms with E-state index in [0.29, 0.717) is 0 Å². The number of halogens is 1. The van der Waals surface area contributed by atoms with Gasteiger partial charge in [-0.2, -0.15) is 0 Å². The molecule has 0 radical (unpaired) electrons. The Labute approximate surface area is 98.5 Å². The van der Waals surface area contributed by atoms with Gasteiger partial charge in [-0.15, -0.1) is 0 Å². The first kappa shape index (κ1) is 16.4. The Morgan fingerprint density at radius 3 is 1.08 bits per heavy atom. The van der Waals surface area contributed by atoms with E-state index in [9.17, 15) is 0 Å². The molecule has 0 saturated carbocycles. The number of hydrogen-bond acceptors (Lipinski definition) is 0. The topological polar surface area (TPSA) is 0 Å². The van der Waals surface area contributed by atoms with Crippen molar-refractivity contribution in [1.82, 2.24) is 0 Å². The zero-order chi connectivity index (χ0) is 9.23. The maximum Gasteiger partial charge on any atom is 0.103 e. The van der Waals surface area contributed by atoms with E-state index in [1.54, 1.807) is 0 Å². The van der Waals surface area contributed by atoms with Crippen LogP contribution in [0.5, 0.6) is 0 Å². The fourth-order valence-electron chi connectivity index (χ4n) is 1.85. The normalized spacial score (nSPS) is 12.5. The Morgan fingerprint density at radius 2 is 1.08 bits per heavy atom. The van der Waals surface area contributed by atoms with Crippen LogP contribution in [0.25, 0.3) is 0 Å². The van der Waals surface area contributed by atoms with Crippen LogP contribution in [0.2, 0.25) is 0 Å². The van der Waals surface area contributed by atoms with E-state index in [0.717, 1.165) is 5.14 Å². The molecule has 0 aliphatic rings. The summed E-state index contributed by atoms with van der Waals surface area (Å²) in [5, 5.41) is 1.08. The molecule has 0 aromatic heterocycles. The zero-order valence-corrected chi connectivity index (χ0v) is 14.1. The Balaban J connectivity index is 0. The first-order valence-corrected chi connectivity index (χ1v) is 11.7. The number of rotatable bonds is 3. The lowest BCUT2D eigenvalue weighted by Crippen LogP contribution is -3.00. The highest BCUT2D eigenvalue weighted by Crippen LogP contribution is 2.72. The van der Waals surface area contributed by atoms with E-state index in [-0.39, 0.29) is 39.8 Å². The molecular formula is C8H22IP3. The van der Waals surface area contributed by atoms with Crippen LogP contribution < -0.4 is 24.0 Å². The molecular weight excluding hydrogens is 316 g/mol. The van der Waals surface area contributed by atoms with Gasteiger partial charge in [-0.25, -0.2) is 0 Å². The predicted molar refractivity (Wildman–Crippen MR) is 66.0 cm³/mol. The minimum atomic E-state index is -0.581. The van der Waals surface area contributed by atoms with Crippen molar-refractivity contribution in [1.29, 1.82) is 0 Å². The second-order valence-corrected chi connectivity index (χ2v) is 15.2. The largest absolute Gasteiger partial charge is 1.00 e. The third kappa shape index (κ3) is 5.69. The molecule has 0 aliphatic heterocycles. The molecule has 0 amide bonds. The molecule has 76 valence electrons. The van der Waals surface area contributed by atoms with E-state index >= 15 is 0 Å². The molecule has 0 atom stereocenters. The van der Waals surface area contributed by atoms with Crippen LogP contribution in [0.3, 0.4) is 0 Å². The van der Waals surface area contributed by atoms with Gasteiger partial charge in [-0.3, -0.25) is 0 Å². The third-order valence-corrected chi connectivity index (χ3v) is 14.5. The van der Waals surface area contributed by atoms with E-state index < -0.39 is 7.26 Å². The van der Waals surface area contributed by atoms with Crippen molar-refractivity contribution < 1.29 is 24.0 Å². The van der Waals surface area contributed by atoms with E-state index in [4.69, 9.17) is 0 Å². The lowest BCUT2D eigenvalue weighted by atomic mass is 11.7. The van der Waals surface area contributed by atoms with Gasteiger partial charge < -0.3 is 24.0 Å². The lowest BCUT2D eigenvalue weighted by molar-refractivity contribution is -0.00000294. The predicted octanol–water partition coefficient (Wildman–Crippen LogP) is 0.664. The maximum absolute atomic E-state index is 2.49. The molecule has 0 heterocycles. The maximum atomic E-state index is 2.49. The average Bonchev–Trinajstić information content (AvgIpc) is 1.54. The molecule has 0 aromatic carbocycles. The highest BCUT2D eigenvalue weighted by atomic mass is 127. The Hall–Kier alpha value is 2.02. The summed E-state index contributed by atoms with van der Waals surface area (Å²) in [6.45, 7) is 17.2. The van der Waals surface area contributed by atoms with Crippen LogP contribution in [0.4, 0.5) is 0 Å². The molecule has 0 aromatic rings. The van der Waals surface area contributed by atoms with Gasteiger partial charge in [0, 0.05) is 27.3 Å². The molecule has 12 heavy (non-hydrogen) atoms. The quantitative estimate of drug-likeness (QED) is 0.524. The van der Waals surface area contributed by atoms with Crippen LogP contribution in [-0.4, -0.2) is 51.8 Å². The van der Waals surface area contributed by atoms with Crippen molar-refractivity contribution >= 4 is 23.1 Å². The van der Waals surface area contributed by atoms with Gasteiger partial charge in [-0.05, 0) is 26.7 Å².